The minimum absolute atomic E-state index is 0. The number of halogens is 1. The molecule has 22 heavy (non-hydrogen) atoms. The van der Waals surface area contributed by atoms with E-state index in [9.17, 15) is 0 Å². The zero-order chi connectivity index (χ0) is 14.5. The van der Waals surface area contributed by atoms with Gasteiger partial charge >= 0.3 is 0 Å². The van der Waals surface area contributed by atoms with Gasteiger partial charge in [-0.2, -0.15) is 11.8 Å². The molecule has 0 bridgehead atoms. The lowest BCUT2D eigenvalue weighted by molar-refractivity contribution is 0.758. The first kappa shape index (κ1) is 17.9. The van der Waals surface area contributed by atoms with Gasteiger partial charge in [-0.3, -0.25) is 4.99 Å². The molecule has 2 aliphatic rings. The monoisotopic (exact) mass is 431 g/mol. The molecule has 3 atom stereocenters. The van der Waals surface area contributed by atoms with Crippen LogP contribution in [0.15, 0.2) is 35.3 Å². The summed E-state index contributed by atoms with van der Waals surface area (Å²) in [6, 6.07) is 11.3. The SMILES string of the molecule is CCNC(=NCC1CCCS1)NC1CC1c1ccccc1.I. The molecule has 1 saturated carbocycles. The lowest BCUT2D eigenvalue weighted by atomic mass is 10.1. The highest BCUT2D eigenvalue weighted by atomic mass is 127. The van der Waals surface area contributed by atoms with Crippen molar-refractivity contribution < 1.29 is 0 Å². The van der Waals surface area contributed by atoms with E-state index in [0.717, 1.165) is 24.3 Å². The third kappa shape index (κ3) is 5.05. The maximum Gasteiger partial charge on any atom is 0.191 e. The fourth-order valence-corrected chi connectivity index (χ4v) is 4.08. The predicted molar refractivity (Wildman–Crippen MR) is 108 cm³/mol. The third-order valence-electron chi connectivity index (χ3n) is 4.16. The highest BCUT2D eigenvalue weighted by Crippen LogP contribution is 2.40. The molecule has 1 saturated heterocycles. The van der Waals surface area contributed by atoms with Gasteiger partial charge in [-0.25, -0.2) is 0 Å². The number of nitrogens with zero attached hydrogens (tertiary/aromatic N) is 1. The smallest absolute Gasteiger partial charge is 0.191 e. The van der Waals surface area contributed by atoms with E-state index in [1.165, 1.54) is 30.6 Å². The van der Waals surface area contributed by atoms with Gasteiger partial charge in [0.15, 0.2) is 5.96 Å². The summed E-state index contributed by atoms with van der Waals surface area (Å²) in [6.07, 6.45) is 3.89. The largest absolute Gasteiger partial charge is 0.357 e. The van der Waals surface area contributed by atoms with Gasteiger partial charge in [0, 0.05) is 23.8 Å². The molecule has 5 heteroatoms. The van der Waals surface area contributed by atoms with Gasteiger partial charge in [-0.15, -0.1) is 24.0 Å². The molecule has 3 unspecified atom stereocenters. The Hall–Kier alpha value is -0.430. The fraction of sp³-hybridized carbons (Fsp3) is 0.588. The van der Waals surface area contributed by atoms with Crippen molar-refractivity contribution in [3.63, 3.8) is 0 Å². The molecule has 1 aliphatic carbocycles. The summed E-state index contributed by atoms with van der Waals surface area (Å²) < 4.78 is 0. The quantitative estimate of drug-likeness (QED) is 0.425. The Labute approximate surface area is 155 Å². The van der Waals surface area contributed by atoms with Crippen molar-refractivity contribution in [3.05, 3.63) is 35.9 Å². The zero-order valence-electron chi connectivity index (χ0n) is 13.1. The van der Waals surface area contributed by atoms with E-state index in [1.54, 1.807) is 0 Å². The molecule has 0 aromatic heterocycles. The maximum absolute atomic E-state index is 4.78. The molecule has 0 spiro atoms. The van der Waals surface area contributed by atoms with E-state index < -0.39 is 0 Å². The van der Waals surface area contributed by atoms with Crippen LogP contribution in [0.5, 0.6) is 0 Å². The van der Waals surface area contributed by atoms with Crippen LogP contribution in [0.3, 0.4) is 0 Å². The summed E-state index contributed by atoms with van der Waals surface area (Å²) in [5.74, 6) is 2.95. The van der Waals surface area contributed by atoms with Gasteiger partial charge in [0.05, 0.1) is 6.54 Å². The zero-order valence-corrected chi connectivity index (χ0v) is 16.3. The van der Waals surface area contributed by atoms with Crippen LogP contribution < -0.4 is 10.6 Å². The van der Waals surface area contributed by atoms with Gasteiger partial charge in [-0.05, 0) is 37.5 Å². The minimum Gasteiger partial charge on any atom is -0.357 e. The number of benzene rings is 1. The van der Waals surface area contributed by atoms with Crippen LogP contribution in [-0.4, -0.2) is 36.1 Å². The maximum atomic E-state index is 4.78. The Kier molecular flexibility index (Phi) is 7.34. The number of aliphatic imine (C=N–C) groups is 1. The molecule has 2 N–H and O–H groups in total. The average Bonchev–Trinajstić information content (AvgIpc) is 3.08. The molecule has 3 nitrogen and oxygen atoms in total. The van der Waals surface area contributed by atoms with Crippen molar-refractivity contribution in [2.75, 3.05) is 18.8 Å². The standard InChI is InChI=1S/C17H25N3S.HI/c1-2-18-17(19-12-14-9-6-10-21-14)20-16-11-15(16)13-7-4-3-5-8-13;/h3-5,7-8,14-16H,2,6,9-12H2,1H3,(H2,18,19,20);1H. The van der Waals surface area contributed by atoms with Crippen molar-refractivity contribution in [2.45, 2.75) is 43.4 Å². The number of hydrogen-bond acceptors (Lipinski definition) is 2. The van der Waals surface area contributed by atoms with E-state index in [-0.39, 0.29) is 24.0 Å². The van der Waals surface area contributed by atoms with Crippen molar-refractivity contribution in [1.82, 2.24) is 10.6 Å². The number of hydrogen-bond donors (Lipinski definition) is 2. The van der Waals surface area contributed by atoms with Gasteiger partial charge in [0.2, 0.25) is 0 Å². The van der Waals surface area contributed by atoms with E-state index in [2.05, 4.69) is 59.7 Å². The molecular weight excluding hydrogens is 405 g/mol. The Bertz CT molecular complexity index is 474. The second kappa shape index (κ2) is 9.01. The van der Waals surface area contributed by atoms with Crippen molar-refractivity contribution in [1.29, 1.82) is 0 Å². The first-order valence-corrected chi connectivity index (χ1v) is 9.13. The summed E-state index contributed by atoms with van der Waals surface area (Å²) in [5, 5.41) is 7.70. The summed E-state index contributed by atoms with van der Waals surface area (Å²) in [6.45, 7) is 4.00. The van der Waals surface area contributed by atoms with E-state index in [1.807, 2.05) is 0 Å². The highest BCUT2D eigenvalue weighted by molar-refractivity contribution is 14.0. The third-order valence-corrected chi connectivity index (χ3v) is 5.54. The Morgan fingerprint density at radius 2 is 2.14 bits per heavy atom. The number of thioether (sulfide) groups is 1. The van der Waals surface area contributed by atoms with Crippen molar-refractivity contribution in [2.24, 2.45) is 4.99 Å². The van der Waals surface area contributed by atoms with Gasteiger partial charge in [0.25, 0.3) is 0 Å². The van der Waals surface area contributed by atoms with E-state index in [4.69, 9.17) is 4.99 Å². The fourth-order valence-electron chi connectivity index (χ4n) is 2.90. The number of rotatable bonds is 5. The van der Waals surface area contributed by atoms with Gasteiger partial charge in [0.1, 0.15) is 0 Å². The topological polar surface area (TPSA) is 36.4 Å². The Morgan fingerprint density at radius 3 is 2.82 bits per heavy atom. The summed E-state index contributed by atoms with van der Waals surface area (Å²) >= 11 is 2.07. The first-order valence-electron chi connectivity index (χ1n) is 8.08. The first-order chi connectivity index (χ1) is 10.4. The molecule has 1 aromatic carbocycles. The summed E-state index contributed by atoms with van der Waals surface area (Å²) in [7, 11) is 0. The lowest BCUT2D eigenvalue weighted by Crippen LogP contribution is -2.39. The molecule has 2 fully saturated rings. The average molecular weight is 431 g/mol. The van der Waals surface area contributed by atoms with Crippen LogP contribution >= 0.6 is 35.7 Å². The summed E-state index contributed by atoms with van der Waals surface area (Å²) in [4.78, 5) is 4.78. The number of guanidine groups is 1. The molecule has 0 radical (unpaired) electrons. The van der Waals surface area contributed by atoms with Gasteiger partial charge in [-0.1, -0.05) is 30.3 Å². The predicted octanol–water partition coefficient (Wildman–Crippen LogP) is 3.61. The number of nitrogens with one attached hydrogen (secondary N) is 2. The molecule has 3 rings (SSSR count). The Balaban J connectivity index is 0.00000176. The molecule has 122 valence electrons. The van der Waals surface area contributed by atoms with Crippen LogP contribution in [0.25, 0.3) is 0 Å². The molecule has 1 aromatic rings. The Morgan fingerprint density at radius 1 is 1.32 bits per heavy atom. The second-order valence-corrected chi connectivity index (χ2v) is 7.27. The van der Waals surface area contributed by atoms with E-state index in [0.29, 0.717) is 12.0 Å². The molecular formula is C17H26IN3S. The van der Waals surface area contributed by atoms with Gasteiger partial charge < -0.3 is 10.6 Å². The summed E-state index contributed by atoms with van der Waals surface area (Å²) in [5.41, 5.74) is 1.44. The second-order valence-electron chi connectivity index (χ2n) is 5.86. The van der Waals surface area contributed by atoms with Crippen LogP contribution in [0, 0.1) is 0 Å². The molecule has 0 amide bonds. The van der Waals surface area contributed by atoms with Crippen LogP contribution in [-0.2, 0) is 0 Å². The van der Waals surface area contributed by atoms with Crippen molar-refractivity contribution in [3.8, 4) is 0 Å². The van der Waals surface area contributed by atoms with E-state index >= 15 is 0 Å². The van der Waals surface area contributed by atoms with Crippen molar-refractivity contribution >= 4 is 41.7 Å². The molecule has 1 aliphatic heterocycles. The van der Waals surface area contributed by atoms with Crippen LogP contribution in [0.2, 0.25) is 0 Å². The highest BCUT2D eigenvalue weighted by Gasteiger charge is 2.38. The normalized spacial score (nSPS) is 27.1. The minimum atomic E-state index is 0. The van der Waals surface area contributed by atoms with Crippen LogP contribution in [0.4, 0.5) is 0 Å². The lowest BCUT2D eigenvalue weighted by Gasteiger charge is -2.12. The molecule has 1 heterocycles. The van der Waals surface area contributed by atoms with Crippen LogP contribution in [0.1, 0.15) is 37.7 Å².